The molecule has 3 N–H and O–H groups in total. The van der Waals surface area contributed by atoms with Crippen LogP contribution >= 0.6 is 0 Å². The largest absolute Gasteiger partial charge is 0.479 e. The molecule has 0 aromatic heterocycles. The van der Waals surface area contributed by atoms with E-state index in [0.717, 1.165) is 103 Å². The second-order valence-corrected chi connectivity index (χ2v) is 21.3. The standard InChI is InChI=1S/C67H112O12/c1-4-7-10-13-16-19-22-25-28-29-30-31-34-35-38-41-44-47-50-53-59(68)75-56-58(77-60(69)54-51-48-45-42-39-36-32-26-23-20-17-14-11-8-5-2)57-76-67-65(63(72)62(71)64(79-67)66(73)74)78-61(70)55-52-49-46-43-40-37-33-27-24-21-18-15-12-9-6-3/h9,12,16,18-19,21,25-28,32-33,40,43,58,62-65,67,71-72H,4-8,10-11,13-15,17,20,22-24,29-31,34-39,41-42,44-57H2,1-3H3,(H,73,74)/b12-9-,19-16-,21-18-,28-25-,32-26-,33-27-,43-40-. The van der Waals surface area contributed by atoms with Crippen molar-refractivity contribution in [3.63, 3.8) is 0 Å². The fraction of sp³-hybridized carbons (Fsp3) is 0.731. The minimum atomic E-state index is -1.92. The molecule has 1 saturated heterocycles. The Bertz CT molecular complexity index is 1700. The number of rotatable bonds is 53. The number of hydrogen-bond acceptors (Lipinski definition) is 11. The molecule has 6 atom stereocenters. The molecule has 12 heteroatoms. The number of esters is 3. The number of allylic oxidation sites excluding steroid dienone is 14. The third-order valence-corrected chi connectivity index (χ3v) is 13.9. The number of aliphatic hydroxyl groups excluding tert-OH is 2. The fourth-order valence-corrected chi connectivity index (χ4v) is 9.09. The highest BCUT2D eigenvalue weighted by molar-refractivity contribution is 5.74. The summed E-state index contributed by atoms with van der Waals surface area (Å²) >= 11 is 0. The van der Waals surface area contributed by atoms with Crippen molar-refractivity contribution >= 4 is 23.9 Å². The summed E-state index contributed by atoms with van der Waals surface area (Å²) in [4.78, 5) is 51.2. The Morgan fingerprint density at radius 3 is 1.28 bits per heavy atom. The fourth-order valence-electron chi connectivity index (χ4n) is 9.09. The number of hydrogen-bond donors (Lipinski definition) is 3. The van der Waals surface area contributed by atoms with Crippen LogP contribution in [0, 0.1) is 0 Å². The van der Waals surface area contributed by atoms with Gasteiger partial charge in [0.2, 0.25) is 0 Å². The highest BCUT2D eigenvalue weighted by atomic mass is 16.7. The van der Waals surface area contributed by atoms with Crippen molar-refractivity contribution in [3.8, 4) is 0 Å². The second kappa shape index (κ2) is 54.5. The predicted molar refractivity (Wildman–Crippen MR) is 321 cm³/mol. The minimum Gasteiger partial charge on any atom is -0.479 e. The van der Waals surface area contributed by atoms with Gasteiger partial charge in [-0.25, -0.2) is 4.79 Å². The van der Waals surface area contributed by atoms with Crippen LogP contribution in [-0.2, 0) is 42.9 Å². The van der Waals surface area contributed by atoms with Crippen molar-refractivity contribution in [3.05, 3.63) is 85.1 Å². The zero-order chi connectivity index (χ0) is 57.5. The number of aliphatic hydroxyl groups is 2. The van der Waals surface area contributed by atoms with Crippen molar-refractivity contribution < 1.29 is 58.2 Å². The Hall–Kier alpha value is -4.10. The van der Waals surface area contributed by atoms with Gasteiger partial charge in [0, 0.05) is 19.3 Å². The van der Waals surface area contributed by atoms with Crippen molar-refractivity contribution in [2.75, 3.05) is 13.2 Å². The van der Waals surface area contributed by atoms with Crippen LogP contribution in [0.1, 0.15) is 265 Å². The van der Waals surface area contributed by atoms with Gasteiger partial charge in [0.25, 0.3) is 0 Å². The van der Waals surface area contributed by atoms with E-state index in [1.54, 1.807) is 0 Å². The van der Waals surface area contributed by atoms with Crippen LogP contribution in [0.5, 0.6) is 0 Å². The summed E-state index contributed by atoms with van der Waals surface area (Å²) in [5.74, 6) is -3.19. The third kappa shape index (κ3) is 44.3. The van der Waals surface area contributed by atoms with Gasteiger partial charge in [-0.3, -0.25) is 14.4 Å². The lowest BCUT2D eigenvalue weighted by atomic mass is 9.98. The Morgan fingerprint density at radius 2 is 0.797 bits per heavy atom. The quantitative estimate of drug-likeness (QED) is 0.0228. The van der Waals surface area contributed by atoms with Gasteiger partial charge in [-0.2, -0.15) is 0 Å². The molecule has 1 aliphatic heterocycles. The van der Waals surface area contributed by atoms with Crippen LogP contribution in [0.2, 0.25) is 0 Å². The van der Waals surface area contributed by atoms with Crippen LogP contribution in [0.4, 0.5) is 0 Å². The van der Waals surface area contributed by atoms with Gasteiger partial charge >= 0.3 is 23.9 Å². The lowest BCUT2D eigenvalue weighted by Gasteiger charge is -2.40. The maximum Gasteiger partial charge on any atom is 0.335 e. The van der Waals surface area contributed by atoms with Crippen LogP contribution in [0.15, 0.2) is 85.1 Å². The first-order chi connectivity index (χ1) is 38.6. The van der Waals surface area contributed by atoms with E-state index < -0.39 is 67.3 Å². The molecular weight excluding hydrogens is 997 g/mol. The molecule has 1 aliphatic rings. The normalized spacial score (nSPS) is 18.4. The lowest BCUT2D eigenvalue weighted by Crippen LogP contribution is -2.61. The number of ether oxygens (including phenoxy) is 5. The van der Waals surface area contributed by atoms with E-state index in [9.17, 15) is 34.5 Å². The maximum absolute atomic E-state index is 13.2. The predicted octanol–water partition coefficient (Wildman–Crippen LogP) is 16.7. The van der Waals surface area contributed by atoms with Crippen molar-refractivity contribution in [1.29, 1.82) is 0 Å². The van der Waals surface area contributed by atoms with Crippen LogP contribution < -0.4 is 0 Å². The van der Waals surface area contributed by atoms with Crippen molar-refractivity contribution in [1.82, 2.24) is 0 Å². The first kappa shape index (κ1) is 72.9. The second-order valence-electron chi connectivity index (χ2n) is 21.3. The van der Waals surface area contributed by atoms with Crippen LogP contribution in [0.3, 0.4) is 0 Å². The van der Waals surface area contributed by atoms with E-state index >= 15 is 0 Å². The summed E-state index contributed by atoms with van der Waals surface area (Å²) in [7, 11) is 0. The molecule has 0 bridgehead atoms. The average Bonchev–Trinajstić information content (AvgIpc) is 3.44. The zero-order valence-corrected chi connectivity index (χ0v) is 49.8. The van der Waals surface area contributed by atoms with Gasteiger partial charge in [-0.05, 0) is 116 Å². The van der Waals surface area contributed by atoms with Gasteiger partial charge in [0.05, 0.1) is 6.61 Å². The van der Waals surface area contributed by atoms with E-state index in [0.29, 0.717) is 25.7 Å². The van der Waals surface area contributed by atoms with Gasteiger partial charge in [0.1, 0.15) is 18.8 Å². The zero-order valence-electron chi connectivity index (χ0n) is 49.8. The van der Waals surface area contributed by atoms with Crippen molar-refractivity contribution in [2.45, 2.75) is 302 Å². The molecule has 0 aliphatic carbocycles. The number of carbonyl (C=O) groups excluding carboxylic acids is 3. The topological polar surface area (TPSA) is 175 Å². The van der Waals surface area contributed by atoms with E-state index in [2.05, 4.69) is 106 Å². The summed E-state index contributed by atoms with van der Waals surface area (Å²) in [6.45, 7) is 5.83. The summed E-state index contributed by atoms with van der Waals surface area (Å²) in [5, 5.41) is 31.5. The smallest absolute Gasteiger partial charge is 0.335 e. The van der Waals surface area contributed by atoms with E-state index in [1.165, 1.54) is 96.3 Å². The van der Waals surface area contributed by atoms with E-state index in [-0.39, 0.29) is 25.9 Å². The molecule has 79 heavy (non-hydrogen) atoms. The highest BCUT2D eigenvalue weighted by Gasteiger charge is 2.50. The molecular formula is C67H112O12. The van der Waals surface area contributed by atoms with Gasteiger partial charge in [0.15, 0.2) is 24.6 Å². The number of carboxylic acid groups (broad SMARTS) is 1. The summed E-state index contributed by atoms with van der Waals surface area (Å²) in [6.07, 6.45) is 58.3. The molecule has 0 spiro atoms. The van der Waals surface area contributed by atoms with Gasteiger partial charge in [-0.1, -0.05) is 215 Å². The average molecular weight is 1110 g/mol. The first-order valence-electron chi connectivity index (χ1n) is 31.6. The molecule has 1 rings (SSSR count). The summed E-state index contributed by atoms with van der Waals surface area (Å²) in [5.41, 5.74) is 0. The molecule has 1 heterocycles. The number of carbonyl (C=O) groups is 4. The summed E-state index contributed by atoms with van der Waals surface area (Å²) < 4.78 is 28.4. The van der Waals surface area contributed by atoms with Crippen LogP contribution in [-0.4, -0.2) is 89.2 Å². The van der Waals surface area contributed by atoms with Crippen LogP contribution in [0.25, 0.3) is 0 Å². The van der Waals surface area contributed by atoms with Gasteiger partial charge < -0.3 is 39.0 Å². The molecule has 452 valence electrons. The lowest BCUT2D eigenvalue weighted by molar-refractivity contribution is -0.301. The number of aliphatic carboxylic acids is 1. The minimum absolute atomic E-state index is 0.00467. The SMILES string of the molecule is CC/C=C\C/C=C\C/C=C\C/C=C\CCCCC(=O)OC1C(OCC(COC(=O)CCCCCCCCCCC/C=C\C/C=C\CCCCC)OC(=O)CCCCCCC/C=C\CCCCCCCC)OC(C(=O)O)C(O)C1O. The van der Waals surface area contributed by atoms with E-state index in [4.69, 9.17) is 23.7 Å². The Morgan fingerprint density at radius 1 is 0.430 bits per heavy atom. The Balaban J connectivity index is 2.69. The first-order valence-corrected chi connectivity index (χ1v) is 31.6. The Labute approximate surface area is 480 Å². The molecule has 0 aromatic rings. The Kier molecular flexibility index (Phi) is 50.3. The molecule has 1 fully saturated rings. The number of unbranched alkanes of at least 4 members (excludes halogenated alkanes) is 25. The molecule has 12 nitrogen and oxygen atoms in total. The molecule has 6 unspecified atom stereocenters. The van der Waals surface area contributed by atoms with E-state index in [1.807, 2.05) is 0 Å². The molecule has 0 amide bonds. The number of carboxylic acids is 1. The van der Waals surface area contributed by atoms with Crippen molar-refractivity contribution in [2.24, 2.45) is 0 Å². The van der Waals surface area contributed by atoms with Gasteiger partial charge in [-0.15, -0.1) is 0 Å². The maximum atomic E-state index is 13.2. The molecule has 0 radical (unpaired) electrons. The third-order valence-electron chi connectivity index (χ3n) is 13.9. The molecule has 0 saturated carbocycles. The molecule has 0 aromatic carbocycles. The monoisotopic (exact) mass is 1110 g/mol. The summed E-state index contributed by atoms with van der Waals surface area (Å²) in [6, 6.07) is 0. The highest BCUT2D eigenvalue weighted by Crippen LogP contribution is 2.26.